The third-order valence-corrected chi connectivity index (χ3v) is 5.44. The van der Waals surface area contributed by atoms with Gasteiger partial charge in [0.2, 0.25) is 5.75 Å². The van der Waals surface area contributed by atoms with Crippen LogP contribution in [-0.4, -0.2) is 33.1 Å². The van der Waals surface area contributed by atoms with Crippen molar-refractivity contribution in [2.24, 2.45) is 0 Å². The molecule has 4 rings (SSSR count). The summed E-state index contributed by atoms with van der Waals surface area (Å²) >= 11 is 0. The van der Waals surface area contributed by atoms with Crippen molar-refractivity contribution in [1.29, 1.82) is 0 Å². The number of amides is 2. The molecule has 1 aliphatic heterocycles. The maximum Gasteiger partial charge on any atom is 0.265 e. The highest BCUT2D eigenvalue weighted by Gasteiger charge is 2.36. The van der Waals surface area contributed by atoms with E-state index in [0.717, 1.165) is 5.56 Å². The molecule has 2 amide bonds. The minimum atomic E-state index is -0.392. The second-order valence-electron chi connectivity index (χ2n) is 7.29. The quantitative estimate of drug-likeness (QED) is 0.433. The van der Waals surface area contributed by atoms with Gasteiger partial charge in [-0.15, -0.1) is 0 Å². The van der Waals surface area contributed by atoms with Gasteiger partial charge in [-0.05, 0) is 54.0 Å². The first-order chi connectivity index (χ1) is 15.5. The van der Waals surface area contributed by atoms with Crippen molar-refractivity contribution in [2.75, 3.05) is 26.2 Å². The molecule has 0 saturated heterocycles. The Labute approximate surface area is 186 Å². The van der Waals surface area contributed by atoms with Gasteiger partial charge in [0.15, 0.2) is 11.5 Å². The zero-order valence-electron chi connectivity index (χ0n) is 18.3. The lowest BCUT2D eigenvalue weighted by atomic mass is 9.91. The molecule has 0 radical (unpaired) electrons. The number of anilines is 1. The molecular formula is C26H23NO5. The first-order valence-electron chi connectivity index (χ1n) is 10.1. The van der Waals surface area contributed by atoms with Crippen molar-refractivity contribution in [3.05, 3.63) is 82.9 Å². The second-order valence-corrected chi connectivity index (χ2v) is 7.29. The molecule has 6 heteroatoms. The molecule has 1 heterocycles. The van der Waals surface area contributed by atoms with Crippen LogP contribution in [0.2, 0.25) is 0 Å². The van der Waals surface area contributed by atoms with E-state index in [0.29, 0.717) is 45.2 Å². The third kappa shape index (κ3) is 3.50. The fourth-order valence-electron chi connectivity index (χ4n) is 3.88. The number of rotatable bonds is 5. The highest BCUT2D eigenvalue weighted by atomic mass is 16.5. The van der Waals surface area contributed by atoms with Crippen LogP contribution in [0.25, 0.3) is 11.6 Å². The molecule has 0 unspecified atom stereocenters. The molecule has 32 heavy (non-hydrogen) atoms. The summed E-state index contributed by atoms with van der Waals surface area (Å²) in [5, 5.41) is 0. The number of methoxy groups -OCH3 is 3. The Morgan fingerprint density at radius 3 is 1.94 bits per heavy atom. The Balaban J connectivity index is 1.93. The number of nitrogens with zero attached hydrogens (tertiary/aromatic N) is 1. The van der Waals surface area contributed by atoms with E-state index in [-0.39, 0.29) is 5.91 Å². The summed E-state index contributed by atoms with van der Waals surface area (Å²) in [6, 6.07) is 18.0. The first-order valence-corrected chi connectivity index (χ1v) is 10.1. The van der Waals surface area contributed by atoms with E-state index < -0.39 is 5.91 Å². The van der Waals surface area contributed by atoms with Crippen LogP contribution in [0.5, 0.6) is 17.2 Å². The van der Waals surface area contributed by atoms with E-state index in [2.05, 4.69) is 0 Å². The Bertz CT molecular complexity index is 1220. The van der Waals surface area contributed by atoms with Crippen LogP contribution >= 0.6 is 0 Å². The molecule has 0 N–H and O–H groups in total. The van der Waals surface area contributed by atoms with Gasteiger partial charge in [-0.2, -0.15) is 0 Å². The highest BCUT2D eigenvalue weighted by molar-refractivity contribution is 6.43. The molecule has 3 aromatic carbocycles. The molecule has 1 aliphatic rings. The van der Waals surface area contributed by atoms with Crippen molar-refractivity contribution in [3.8, 4) is 17.2 Å². The topological polar surface area (TPSA) is 65.1 Å². The lowest BCUT2D eigenvalue weighted by Crippen LogP contribution is -2.42. The van der Waals surface area contributed by atoms with Crippen LogP contribution < -0.4 is 19.1 Å². The lowest BCUT2D eigenvalue weighted by Gasteiger charge is -2.29. The number of carbonyl (C=O) groups is 2. The normalized spacial score (nSPS) is 14.4. The number of hydrogen-bond donors (Lipinski definition) is 0. The van der Waals surface area contributed by atoms with Crippen LogP contribution in [0.15, 0.2) is 60.7 Å². The average molecular weight is 429 g/mol. The van der Waals surface area contributed by atoms with E-state index in [1.165, 1.54) is 26.2 Å². The summed E-state index contributed by atoms with van der Waals surface area (Å²) in [7, 11) is 4.60. The zero-order valence-corrected chi connectivity index (χ0v) is 18.3. The van der Waals surface area contributed by atoms with Crippen molar-refractivity contribution in [3.63, 3.8) is 0 Å². The smallest absolute Gasteiger partial charge is 0.265 e. The fourth-order valence-corrected chi connectivity index (χ4v) is 3.88. The maximum atomic E-state index is 13.6. The summed E-state index contributed by atoms with van der Waals surface area (Å²) in [6.07, 6.45) is 1.74. The van der Waals surface area contributed by atoms with Gasteiger partial charge in [0, 0.05) is 11.1 Å². The van der Waals surface area contributed by atoms with E-state index in [9.17, 15) is 9.59 Å². The molecule has 6 nitrogen and oxygen atoms in total. The molecule has 0 saturated carbocycles. The molecule has 0 fully saturated rings. The Morgan fingerprint density at radius 2 is 1.34 bits per heavy atom. The standard InChI is InChI=1S/C26H23NO5/c1-16-9-5-8-12-21(16)27-25(28)19-11-7-6-10-18(19)20(26(27)29)13-17-14-22(30-2)24(32-4)23(15-17)31-3/h5-15H,1-4H3/b20-13+. The van der Waals surface area contributed by atoms with Crippen molar-refractivity contribution in [2.45, 2.75) is 6.92 Å². The maximum absolute atomic E-state index is 13.6. The molecule has 0 aliphatic carbocycles. The van der Waals surface area contributed by atoms with Gasteiger partial charge in [0.25, 0.3) is 11.8 Å². The number of aryl methyl sites for hydroxylation is 1. The number of ether oxygens (including phenoxy) is 3. The molecule has 3 aromatic rings. The summed E-state index contributed by atoms with van der Waals surface area (Å²) in [5.74, 6) is 0.673. The van der Waals surface area contributed by atoms with Gasteiger partial charge >= 0.3 is 0 Å². The summed E-state index contributed by atoms with van der Waals surface area (Å²) < 4.78 is 16.3. The van der Waals surface area contributed by atoms with Crippen molar-refractivity contribution < 1.29 is 23.8 Å². The van der Waals surface area contributed by atoms with E-state index >= 15 is 0 Å². The first kappa shape index (κ1) is 21.2. The van der Waals surface area contributed by atoms with Gasteiger partial charge in [0.05, 0.1) is 27.0 Å². The number of fused-ring (bicyclic) bond motifs is 1. The van der Waals surface area contributed by atoms with Gasteiger partial charge in [-0.3, -0.25) is 9.59 Å². The molecule has 0 atom stereocenters. The zero-order chi connectivity index (χ0) is 22.8. The minimum Gasteiger partial charge on any atom is -0.493 e. The summed E-state index contributed by atoms with van der Waals surface area (Å²) in [4.78, 5) is 28.2. The summed E-state index contributed by atoms with van der Waals surface area (Å²) in [6.45, 7) is 1.87. The van der Waals surface area contributed by atoms with Gasteiger partial charge in [0.1, 0.15) is 0 Å². The molecule has 0 aromatic heterocycles. The molecular weight excluding hydrogens is 406 g/mol. The number of imide groups is 1. The summed E-state index contributed by atoms with van der Waals surface area (Å²) in [5.41, 5.74) is 3.53. The van der Waals surface area contributed by atoms with Crippen LogP contribution in [-0.2, 0) is 4.79 Å². The largest absolute Gasteiger partial charge is 0.493 e. The van der Waals surface area contributed by atoms with Crippen molar-refractivity contribution in [1.82, 2.24) is 0 Å². The fraction of sp³-hybridized carbons (Fsp3) is 0.154. The van der Waals surface area contributed by atoms with Gasteiger partial charge in [-0.25, -0.2) is 4.90 Å². The van der Waals surface area contributed by atoms with Gasteiger partial charge < -0.3 is 14.2 Å². The number of para-hydroxylation sites is 1. The number of hydrogen-bond acceptors (Lipinski definition) is 5. The van der Waals surface area contributed by atoms with Crippen LogP contribution in [0.1, 0.15) is 27.0 Å². The second kappa shape index (κ2) is 8.59. The Morgan fingerprint density at radius 1 is 0.750 bits per heavy atom. The minimum absolute atomic E-state index is 0.345. The third-order valence-electron chi connectivity index (χ3n) is 5.44. The average Bonchev–Trinajstić information content (AvgIpc) is 2.82. The molecule has 0 spiro atoms. The van der Waals surface area contributed by atoms with Crippen molar-refractivity contribution >= 4 is 29.2 Å². The van der Waals surface area contributed by atoms with Crippen LogP contribution in [0.3, 0.4) is 0 Å². The Kier molecular flexibility index (Phi) is 5.69. The molecule has 162 valence electrons. The number of carbonyl (C=O) groups excluding carboxylic acids is 2. The van der Waals surface area contributed by atoms with E-state index in [1.54, 1.807) is 42.5 Å². The number of benzene rings is 3. The highest BCUT2D eigenvalue weighted by Crippen LogP contribution is 2.40. The van der Waals surface area contributed by atoms with E-state index in [4.69, 9.17) is 14.2 Å². The predicted octanol–water partition coefficient (Wildman–Crippen LogP) is 4.75. The lowest BCUT2D eigenvalue weighted by molar-refractivity contribution is -0.112. The van der Waals surface area contributed by atoms with Crippen LogP contribution in [0, 0.1) is 6.92 Å². The SMILES string of the molecule is COc1cc(/C=C2/C(=O)N(c3ccccc3C)C(=O)c3ccccc32)cc(OC)c1OC. The van der Waals surface area contributed by atoms with E-state index in [1.807, 2.05) is 31.2 Å². The predicted molar refractivity (Wildman–Crippen MR) is 123 cm³/mol. The van der Waals surface area contributed by atoms with Gasteiger partial charge in [-0.1, -0.05) is 36.4 Å². The van der Waals surface area contributed by atoms with Crippen LogP contribution in [0.4, 0.5) is 5.69 Å². The molecule has 0 bridgehead atoms. The Hall–Kier alpha value is -4.06. The monoisotopic (exact) mass is 429 g/mol.